The maximum atomic E-state index is 12.9. The van der Waals surface area contributed by atoms with Crippen LogP contribution in [0.3, 0.4) is 0 Å². The van der Waals surface area contributed by atoms with E-state index < -0.39 is 12.5 Å². The first-order chi connectivity index (χ1) is 11.7. The molecular formula is C18H21F2N5. The third-order valence-corrected chi connectivity index (χ3v) is 3.61. The van der Waals surface area contributed by atoms with E-state index in [0.717, 1.165) is 34.9 Å². The van der Waals surface area contributed by atoms with Crippen molar-refractivity contribution >= 4 is 17.2 Å². The van der Waals surface area contributed by atoms with E-state index in [1.807, 2.05) is 25.1 Å². The molecule has 0 atom stereocenters. The third-order valence-electron chi connectivity index (χ3n) is 3.61. The van der Waals surface area contributed by atoms with Crippen LogP contribution in [0.5, 0.6) is 0 Å². The van der Waals surface area contributed by atoms with Gasteiger partial charge in [0.05, 0.1) is 17.9 Å². The first-order valence-electron chi connectivity index (χ1n) is 7.77. The smallest absolute Gasteiger partial charge is 0.262 e. The van der Waals surface area contributed by atoms with Crippen molar-refractivity contribution in [2.45, 2.75) is 26.7 Å². The van der Waals surface area contributed by atoms with Gasteiger partial charge in [-0.15, -0.1) is 0 Å². The summed E-state index contributed by atoms with van der Waals surface area (Å²) in [6.07, 6.45) is 1.59. The number of nitrogens with one attached hydrogen (secondary N) is 1. The Kier molecular flexibility index (Phi) is 5.56. The second-order valence-corrected chi connectivity index (χ2v) is 5.90. The van der Waals surface area contributed by atoms with Crippen molar-refractivity contribution in [3.8, 4) is 0 Å². The largest absolute Gasteiger partial charge is 0.348 e. The molecule has 0 amide bonds. The van der Waals surface area contributed by atoms with Crippen LogP contribution in [0.1, 0.15) is 29.3 Å². The Labute approximate surface area is 145 Å². The highest BCUT2D eigenvalue weighted by atomic mass is 19.3. The van der Waals surface area contributed by atoms with Crippen LogP contribution in [0.2, 0.25) is 0 Å². The number of rotatable bonds is 6. The lowest BCUT2D eigenvalue weighted by Gasteiger charge is -2.14. The zero-order valence-electron chi connectivity index (χ0n) is 14.8. The van der Waals surface area contributed by atoms with Crippen LogP contribution in [0.4, 0.5) is 20.4 Å². The summed E-state index contributed by atoms with van der Waals surface area (Å²) in [4.78, 5) is 8.35. The minimum atomic E-state index is -2.82. The summed E-state index contributed by atoms with van der Waals surface area (Å²) in [6, 6.07) is 5.75. The van der Waals surface area contributed by atoms with Gasteiger partial charge in [0.2, 0.25) is 5.95 Å². The molecule has 5 nitrogen and oxygen atoms in total. The Morgan fingerprint density at radius 2 is 2.04 bits per heavy atom. The van der Waals surface area contributed by atoms with Crippen LogP contribution >= 0.6 is 0 Å². The van der Waals surface area contributed by atoms with E-state index in [2.05, 4.69) is 32.1 Å². The quantitative estimate of drug-likeness (QED) is 0.755. The molecule has 0 aliphatic rings. The second-order valence-electron chi connectivity index (χ2n) is 5.90. The molecule has 0 fully saturated rings. The number of halogens is 2. The van der Waals surface area contributed by atoms with Crippen molar-refractivity contribution in [2.24, 2.45) is 10.2 Å². The Balaban J connectivity index is 2.23. The van der Waals surface area contributed by atoms with E-state index in [1.165, 1.54) is 0 Å². The topological polar surface area (TPSA) is 62.5 Å². The standard InChI is InChI=1S/C18H21F2N5/c1-11-8-14(6-7-16(11)25-21-5)12(2)15-9-22-17(24-13(15)3)23-10-18(4,19)20/h6-9H,2,10H2,1,3-5H3,(H,22,23,24)/b25-21-. The number of benzene rings is 1. The molecule has 0 radical (unpaired) electrons. The summed E-state index contributed by atoms with van der Waals surface area (Å²) in [5, 5.41) is 10.4. The number of hydrogen-bond acceptors (Lipinski definition) is 5. The maximum absolute atomic E-state index is 12.9. The summed E-state index contributed by atoms with van der Waals surface area (Å²) in [7, 11) is 1.62. The van der Waals surface area contributed by atoms with Gasteiger partial charge in [0.1, 0.15) is 0 Å². The van der Waals surface area contributed by atoms with Crippen molar-refractivity contribution in [3.63, 3.8) is 0 Å². The Hall–Kier alpha value is -2.70. The molecular weight excluding hydrogens is 324 g/mol. The SMILES string of the molecule is C=C(c1ccc(/N=N\C)c(C)c1)c1cnc(NCC(C)(F)F)nc1C. The summed E-state index contributed by atoms with van der Waals surface area (Å²) in [5.74, 6) is -2.65. The van der Waals surface area contributed by atoms with Gasteiger partial charge in [-0.25, -0.2) is 18.7 Å². The fourth-order valence-electron chi connectivity index (χ4n) is 2.30. The van der Waals surface area contributed by atoms with Gasteiger partial charge < -0.3 is 5.32 Å². The number of nitrogens with zero attached hydrogens (tertiary/aromatic N) is 4. The fourth-order valence-corrected chi connectivity index (χ4v) is 2.30. The lowest BCUT2D eigenvalue weighted by molar-refractivity contribution is 0.0366. The van der Waals surface area contributed by atoms with Crippen molar-refractivity contribution in [1.29, 1.82) is 0 Å². The van der Waals surface area contributed by atoms with Gasteiger partial charge in [0, 0.05) is 25.7 Å². The van der Waals surface area contributed by atoms with Crippen molar-refractivity contribution in [3.05, 3.63) is 53.4 Å². The van der Waals surface area contributed by atoms with E-state index >= 15 is 0 Å². The van der Waals surface area contributed by atoms with E-state index in [1.54, 1.807) is 20.2 Å². The highest BCUT2D eigenvalue weighted by Gasteiger charge is 2.21. The van der Waals surface area contributed by atoms with E-state index in [0.29, 0.717) is 5.69 Å². The Morgan fingerprint density at radius 3 is 2.60 bits per heavy atom. The third kappa shape index (κ3) is 4.89. The molecule has 7 heteroatoms. The zero-order chi connectivity index (χ0) is 18.6. The van der Waals surface area contributed by atoms with Crippen LogP contribution in [0.15, 0.2) is 41.2 Å². The average molecular weight is 345 g/mol. The molecule has 25 heavy (non-hydrogen) atoms. The number of anilines is 1. The van der Waals surface area contributed by atoms with Crippen LogP contribution < -0.4 is 5.32 Å². The molecule has 0 spiro atoms. The molecule has 1 aromatic carbocycles. The summed E-state index contributed by atoms with van der Waals surface area (Å²) in [6.45, 7) is 8.18. The maximum Gasteiger partial charge on any atom is 0.262 e. The average Bonchev–Trinajstić information content (AvgIpc) is 2.54. The van der Waals surface area contributed by atoms with E-state index in [9.17, 15) is 8.78 Å². The summed E-state index contributed by atoms with van der Waals surface area (Å²) >= 11 is 0. The number of hydrogen-bond donors (Lipinski definition) is 1. The highest BCUT2D eigenvalue weighted by molar-refractivity contribution is 5.80. The molecule has 0 bridgehead atoms. The van der Waals surface area contributed by atoms with Gasteiger partial charge >= 0.3 is 0 Å². The predicted molar refractivity (Wildman–Crippen MR) is 95.6 cm³/mol. The molecule has 132 valence electrons. The first-order valence-corrected chi connectivity index (χ1v) is 7.77. The number of aromatic nitrogens is 2. The van der Waals surface area contributed by atoms with Crippen molar-refractivity contribution in [2.75, 3.05) is 18.9 Å². The van der Waals surface area contributed by atoms with Gasteiger partial charge in [-0.2, -0.15) is 10.2 Å². The lowest BCUT2D eigenvalue weighted by Crippen LogP contribution is -2.24. The van der Waals surface area contributed by atoms with Gasteiger partial charge in [0.25, 0.3) is 5.92 Å². The number of alkyl halides is 2. The first kappa shape index (κ1) is 18.6. The minimum Gasteiger partial charge on any atom is -0.348 e. The Bertz CT molecular complexity index is 810. The molecule has 2 rings (SSSR count). The van der Waals surface area contributed by atoms with Crippen molar-refractivity contribution < 1.29 is 8.78 Å². The number of azo groups is 1. The highest BCUT2D eigenvalue weighted by Crippen LogP contribution is 2.28. The number of aryl methyl sites for hydroxylation is 2. The minimum absolute atomic E-state index is 0.172. The van der Waals surface area contributed by atoms with Crippen LogP contribution in [0, 0.1) is 13.8 Å². The van der Waals surface area contributed by atoms with Crippen molar-refractivity contribution in [1.82, 2.24) is 9.97 Å². The molecule has 0 aliphatic heterocycles. The normalized spacial score (nSPS) is 11.8. The molecule has 0 saturated heterocycles. The molecule has 1 heterocycles. The second kappa shape index (κ2) is 7.46. The molecule has 0 saturated carbocycles. The van der Waals surface area contributed by atoms with Crippen LogP contribution in [0.25, 0.3) is 5.57 Å². The van der Waals surface area contributed by atoms with Crippen LogP contribution in [-0.4, -0.2) is 29.5 Å². The Morgan fingerprint density at radius 1 is 1.32 bits per heavy atom. The molecule has 1 aromatic heterocycles. The summed E-state index contributed by atoms with van der Waals surface area (Å²) in [5.41, 5.74) is 4.88. The molecule has 2 aromatic rings. The zero-order valence-corrected chi connectivity index (χ0v) is 14.8. The van der Waals surface area contributed by atoms with Gasteiger partial charge in [-0.3, -0.25) is 0 Å². The van der Waals surface area contributed by atoms with Gasteiger partial charge in [0.15, 0.2) is 0 Å². The van der Waals surface area contributed by atoms with E-state index in [-0.39, 0.29) is 5.95 Å². The van der Waals surface area contributed by atoms with Gasteiger partial charge in [-0.1, -0.05) is 12.6 Å². The fraction of sp³-hybridized carbons (Fsp3) is 0.333. The van der Waals surface area contributed by atoms with Gasteiger partial charge in [-0.05, 0) is 42.7 Å². The van der Waals surface area contributed by atoms with E-state index in [4.69, 9.17) is 0 Å². The molecule has 0 unspecified atom stereocenters. The molecule has 1 N–H and O–H groups in total. The monoisotopic (exact) mass is 345 g/mol. The molecule has 0 aliphatic carbocycles. The van der Waals surface area contributed by atoms with Crippen LogP contribution in [-0.2, 0) is 0 Å². The predicted octanol–water partition coefficient (Wildman–Crippen LogP) is 4.94. The lowest BCUT2D eigenvalue weighted by atomic mass is 9.98. The summed E-state index contributed by atoms with van der Waals surface area (Å²) < 4.78 is 25.8.